The molecule has 0 unspecified atom stereocenters. The van der Waals surface area contributed by atoms with E-state index in [0.29, 0.717) is 5.56 Å². The Hall–Kier alpha value is -1.17. The minimum absolute atomic E-state index is 0.417. The van der Waals surface area contributed by atoms with Gasteiger partial charge in [-0.2, -0.15) is 0 Å². The van der Waals surface area contributed by atoms with Crippen LogP contribution in [0.2, 0.25) is 0 Å². The molecular weight excluding hydrogens is 291 g/mol. The molecule has 0 spiro atoms. The number of pyridine rings is 1. The van der Waals surface area contributed by atoms with Crippen molar-refractivity contribution >= 4 is 39.4 Å². The number of aromatic nitrogens is 1. The van der Waals surface area contributed by atoms with Crippen molar-refractivity contribution in [1.82, 2.24) is 4.98 Å². The van der Waals surface area contributed by atoms with E-state index in [1.165, 1.54) is 0 Å². The van der Waals surface area contributed by atoms with Crippen molar-refractivity contribution in [2.24, 2.45) is 5.73 Å². The summed E-state index contributed by atoms with van der Waals surface area (Å²) in [5.41, 5.74) is 6.58. The Labute approximate surface area is 94.5 Å². The number of rotatable bonds is 1. The minimum atomic E-state index is -0.417. The maximum absolute atomic E-state index is 11.1. The molecule has 2 rings (SSSR count). The van der Waals surface area contributed by atoms with Crippen molar-refractivity contribution in [1.29, 1.82) is 0 Å². The zero-order valence-electron chi connectivity index (χ0n) is 7.20. The van der Waals surface area contributed by atoms with E-state index in [0.717, 1.165) is 14.5 Å². The third-order valence-electron chi connectivity index (χ3n) is 1.97. The molecule has 0 radical (unpaired) electrons. The van der Waals surface area contributed by atoms with Crippen LogP contribution < -0.4 is 5.73 Å². The highest BCUT2D eigenvalue weighted by atomic mass is 127. The molecule has 14 heavy (non-hydrogen) atoms. The molecule has 1 aromatic heterocycles. The summed E-state index contributed by atoms with van der Waals surface area (Å²) in [5, 5.41) is 0.812. The molecule has 2 N–H and O–H groups in total. The van der Waals surface area contributed by atoms with Crippen LogP contribution in [-0.4, -0.2) is 10.9 Å². The van der Waals surface area contributed by atoms with Gasteiger partial charge >= 0.3 is 0 Å². The van der Waals surface area contributed by atoms with E-state index in [9.17, 15) is 4.79 Å². The number of hydrogen-bond acceptors (Lipinski definition) is 2. The zero-order chi connectivity index (χ0) is 10.1. The summed E-state index contributed by atoms with van der Waals surface area (Å²) in [7, 11) is 0. The number of benzene rings is 1. The monoisotopic (exact) mass is 298 g/mol. The Morgan fingerprint density at radius 1 is 1.36 bits per heavy atom. The topological polar surface area (TPSA) is 56.0 Å². The van der Waals surface area contributed by atoms with Gasteiger partial charge in [-0.1, -0.05) is 0 Å². The number of carbonyl (C=O) groups excluding carboxylic acids is 1. The first-order valence-electron chi connectivity index (χ1n) is 4.02. The van der Waals surface area contributed by atoms with Crippen LogP contribution in [0.15, 0.2) is 30.5 Å². The molecule has 70 valence electrons. The average molecular weight is 298 g/mol. The molecule has 0 saturated heterocycles. The molecular formula is C10H7IN2O. The summed E-state index contributed by atoms with van der Waals surface area (Å²) in [5.74, 6) is -0.417. The molecule has 0 saturated carbocycles. The van der Waals surface area contributed by atoms with Crippen LogP contribution in [0.3, 0.4) is 0 Å². The first-order valence-corrected chi connectivity index (χ1v) is 5.10. The molecule has 4 heteroatoms. The molecule has 3 nitrogen and oxygen atoms in total. The predicted molar refractivity (Wildman–Crippen MR) is 63.0 cm³/mol. The van der Waals surface area contributed by atoms with Crippen molar-refractivity contribution < 1.29 is 4.79 Å². The number of halogens is 1. The summed E-state index contributed by atoms with van der Waals surface area (Å²) in [6.45, 7) is 0. The highest BCUT2D eigenvalue weighted by Gasteiger charge is 2.06. The Bertz CT molecular complexity index is 510. The number of carbonyl (C=O) groups is 1. The molecule has 0 aliphatic heterocycles. The Kier molecular flexibility index (Phi) is 2.37. The fourth-order valence-electron chi connectivity index (χ4n) is 1.33. The lowest BCUT2D eigenvalue weighted by molar-refractivity contribution is 0.100. The van der Waals surface area contributed by atoms with Crippen LogP contribution in [0.1, 0.15) is 10.4 Å². The number of fused-ring (bicyclic) bond motifs is 1. The summed E-state index contributed by atoms with van der Waals surface area (Å²) < 4.78 is 1.06. The van der Waals surface area contributed by atoms with Crippen LogP contribution in [0.4, 0.5) is 0 Å². The first-order chi connectivity index (χ1) is 6.68. The predicted octanol–water partition coefficient (Wildman–Crippen LogP) is 1.94. The number of hydrogen-bond donors (Lipinski definition) is 1. The van der Waals surface area contributed by atoms with Crippen LogP contribution in [0.5, 0.6) is 0 Å². The van der Waals surface area contributed by atoms with Gasteiger partial charge in [-0.3, -0.25) is 9.78 Å². The van der Waals surface area contributed by atoms with E-state index < -0.39 is 5.91 Å². The fourth-order valence-corrected chi connectivity index (χ4v) is 1.82. The lowest BCUT2D eigenvalue weighted by Crippen LogP contribution is -2.11. The lowest BCUT2D eigenvalue weighted by Gasteiger charge is -2.02. The second kappa shape index (κ2) is 3.53. The zero-order valence-corrected chi connectivity index (χ0v) is 9.36. The molecule has 0 fully saturated rings. The van der Waals surface area contributed by atoms with Gasteiger partial charge in [0.25, 0.3) is 0 Å². The Balaban J connectivity index is 2.84. The van der Waals surface area contributed by atoms with Crippen molar-refractivity contribution in [2.45, 2.75) is 0 Å². The molecule has 1 aromatic carbocycles. The second-order valence-electron chi connectivity index (χ2n) is 2.88. The first kappa shape index (κ1) is 9.39. The Morgan fingerprint density at radius 2 is 2.14 bits per heavy atom. The third kappa shape index (κ3) is 1.57. The van der Waals surface area contributed by atoms with Crippen LogP contribution >= 0.6 is 22.6 Å². The molecule has 0 bridgehead atoms. The van der Waals surface area contributed by atoms with Gasteiger partial charge in [0.05, 0.1) is 11.1 Å². The van der Waals surface area contributed by atoms with Crippen molar-refractivity contribution in [3.05, 3.63) is 39.6 Å². The normalized spacial score (nSPS) is 10.4. The van der Waals surface area contributed by atoms with Gasteiger partial charge in [0.1, 0.15) is 0 Å². The Morgan fingerprint density at radius 3 is 2.86 bits per heavy atom. The average Bonchev–Trinajstić information content (AvgIpc) is 2.16. The van der Waals surface area contributed by atoms with Crippen molar-refractivity contribution in [2.75, 3.05) is 0 Å². The summed E-state index contributed by atoms with van der Waals surface area (Å²) in [6.07, 6.45) is 1.59. The third-order valence-corrected chi connectivity index (χ3v) is 2.64. The number of amides is 1. The van der Waals surface area contributed by atoms with Crippen LogP contribution in [0.25, 0.3) is 10.9 Å². The molecule has 1 amide bonds. The van der Waals surface area contributed by atoms with Crippen LogP contribution in [-0.2, 0) is 0 Å². The van der Waals surface area contributed by atoms with Gasteiger partial charge in [0.2, 0.25) is 5.91 Å². The van der Waals surface area contributed by atoms with Crippen LogP contribution in [0, 0.1) is 3.57 Å². The van der Waals surface area contributed by atoms with E-state index in [1.807, 2.05) is 18.2 Å². The van der Waals surface area contributed by atoms with Gasteiger partial charge in [-0.05, 0) is 46.9 Å². The maximum Gasteiger partial charge on any atom is 0.249 e. The lowest BCUT2D eigenvalue weighted by atomic mass is 10.1. The van der Waals surface area contributed by atoms with E-state index in [4.69, 9.17) is 5.73 Å². The minimum Gasteiger partial charge on any atom is -0.366 e. The molecule has 0 aliphatic carbocycles. The van der Waals surface area contributed by atoms with Crippen molar-refractivity contribution in [3.63, 3.8) is 0 Å². The number of nitrogens with zero attached hydrogens (tertiary/aromatic N) is 1. The van der Waals surface area contributed by atoms with Gasteiger partial charge < -0.3 is 5.73 Å². The fraction of sp³-hybridized carbons (Fsp3) is 0. The molecule has 1 heterocycles. The van der Waals surface area contributed by atoms with Gasteiger partial charge in [-0.15, -0.1) is 0 Å². The summed E-state index contributed by atoms with van der Waals surface area (Å²) in [4.78, 5) is 15.3. The van der Waals surface area contributed by atoms with Gasteiger partial charge in [-0.25, -0.2) is 0 Å². The van der Waals surface area contributed by atoms with E-state index in [-0.39, 0.29) is 0 Å². The summed E-state index contributed by atoms with van der Waals surface area (Å²) >= 11 is 2.19. The molecule has 0 aliphatic rings. The molecule has 0 atom stereocenters. The number of nitrogens with two attached hydrogens (primary N) is 1. The summed E-state index contributed by atoms with van der Waals surface area (Å²) in [6, 6.07) is 7.37. The van der Waals surface area contributed by atoms with E-state index >= 15 is 0 Å². The largest absolute Gasteiger partial charge is 0.366 e. The van der Waals surface area contributed by atoms with E-state index in [1.54, 1.807) is 12.3 Å². The second-order valence-corrected chi connectivity index (χ2v) is 4.13. The SMILES string of the molecule is NC(=O)c1ccnc2ccc(I)cc12. The van der Waals surface area contributed by atoms with Crippen molar-refractivity contribution in [3.8, 4) is 0 Å². The van der Waals surface area contributed by atoms with Gasteiger partial charge in [0, 0.05) is 15.2 Å². The van der Waals surface area contributed by atoms with E-state index in [2.05, 4.69) is 27.6 Å². The quantitative estimate of drug-likeness (QED) is 0.818. The standard InChI is InChI=1S/C10H7IN2O/c11-6-1-2-9-8(5-6)7(10(12)14)3-4-13-9/h1-5H,(H2,12,14). The number of primary amides is 1. The van der Waals surface area contributed by atoms with Gasteiger partial charge in [0.15, 0.2) is 0 Å². The highest BCUT2D eigenvalue weighted by molar-refractivity contribution is 14.1. The smallest absolute Gasteiger partial charge is 0.249 e. The maximum atomic E-state index is 11.1. The highest BCUT2D eigenvalue weighted by Crippen LogP contribution is 2.18. The molecule has 2 aromatic rings.